The van der Waals surface area contributed by atoms with Crippen LogP contribution in [0, 0.1) is 13.8 Å². The minimum atomic E-state index is -0.455. The van der Waals surface area contributed by atoms with E-state index in [9.17, 15) is 9.59 Å². The largest absolute Gasteiger partial charge is 0.483 e. The third-order valence-corrected chi connectivity index (χ3v) is 4.13. The summed E-state index contributed by atoms with van der Waals surface area (Å²) in [4.78, 5) is 23.6. The third-order valence-electron chi connectivity index (χ3n) is 3.39. The zero-order chi connectivity index (χ0) is 18.4. The number of halogens is 2. The predicted molar refractivity (Wildman–Crippen MR) is 97.9 cm³/mol. The van der Waals surface area contributed by atoms with Crippen molar-refractivity contribution < 1.29 is 14.3 Å². The Morgan fingerprint density at radius 2 is 1.68 bits per heavy atom. The van der Waals surface area contributed by atoms with Gasteiger partial charge in [0, 0.05) is 0 Å². The van der Waals surface area contributed by atoms with Crippen molar-refractivity contribution in [3.63, 3.8) is 0 Å². The van der Waals surface area contributed by atoms with Crippen LogP contribution in [0.25, 0.3) is 0 Å². The molecule has 132 valence electrons. The first-order valence-electron chi connectivity index (χ1n) is 7.57. The van der Waals surface area contributed by atoms with Crippen LogP contribution < -0.4 is 15.6 Å². The molecule has 0 bridgehead atoms. The molecular formula is C18H18Cl2N2O3. The van der Waals surface area contributed by atoms with Crippen molar-refractivity contribution in [2.45, 2.75) is 20.3 Å². The second-order valence-corrected chi connectivity index (χ2v) is 6.39. The van der Waals surface area contributed by atoms with Crippen LogP contribution in [-0.4, -0.2) is 18.4 Å². The lowest BCUT2D eigenvalue weighted by molar-refractivity contribution is -0.129. The molecule has 2 N–H and O–H groups in total. The minimum Gasteiger partial charge on any atom is -0.483 e. The number of amides is 2. The molecule has 0 aromatic heterocycles. The fourth-order valence-electron chi connectivity index (χ4n) is 2.06. The minimum absolute atomic E-state index is 0.0645. The van der Waals surface area contributed by atoms with Crippen molar-refractivity contribution in [2.75, 3.05) is 6.61 Å². The highest BCUT2D eigenvalue weighted by Gasteiger charge is 2.09. The SMILES string of the molecule is Cc1ccc(C)c(OCC(=O)NNC(=O)Cc2ccc(Cl)c(Cl)c2)c1. The number of ether oxygens (including phenoxy) is 1. The molecule has 0 aliphatic carbocycles. The van der Waals surface area contributed by atoms with Crippen molar-refractivity contribution >= 4 is 35.0 Å². The van der Waals surface area contributed by atoms with E-state index in [1.165, 1.54) is 0 Å². The number of carbonyl (C=O) groups is 2. The Labute approximate surface area is 156 Å². The van der Waals surface area contributed by atoms with Crippen LogP contribution in [0.4, 0.5) is 0 Å². The zero-order valence-electron chi connectivity index (χ0n) is 13.9. The molecule has 0 radical (unpaired) electrons. The number of hydrogen-bond donors (Lipinski definition) is 2. The Morgan fingerprint density at radius 1 is 0.960 bits per heavy atom. The Balaban J connectivity index is 1.78. The van der Waals surface area contributed by atoms with Crippen molar-refractivity contribution in [1.82, 2.24) is 10.9 Å². The summed E-state index contributed by atoms with van der Waals surface area (Å²) in [5.74, 6) is -0.195. The third kappa shape index (κ3) is 5.96. The molecule has 0 heterocycles. The predicted octanol–water partition coefficient (Wildman–Crippen LogP) is 3.38. The van der Waals surface area contributed by atoms with Crippen LogP contribution in [0.3, 0.4) is 0 Å². The Morgan fingerprint density at radius 3 is 2.40 bits per heavy atom. The lowest BCUT2D eigenvalue weighted by Gasteiger charge is -2.11. The number of hydrazine groups is 1. The molecule has 0 saturated heterocycles. The van der Waals surface area contributed by atoms with Crippen molar-refractivity contribution in [2.24, 2.45) is 0 Å². The van der Waals surface area contributed by atoms with E-state index in [0.717, 1.165) is 11.1 Å². The fraction of sp³-hybridized carbons (Fsp3) is 0.222. The van der Waals surface area contributed by atoms with Crippen LogP contribution in [-0.2, 0) is 16.0 Å². The van der Waals surface area contributed by atoms with Gasteiger partial charge in [-0.3, -0.25) is 20.4 Å². The molecule has 0 atom stereocenters. The molecule has 25 heavy (non-hydrogen) atoms. The molecule has 5 nitrogen and oxygen atoms in total. The van der Waals surface area contributed by atoms with Gasteiger partial charge in [0.2, 0.25) is 5.91 Å². The molecule has 0 spiro atoms. The highest BCUT2D eigenvalue weighted by molar-refractivity contribution is 6.42. The number of nitrogens with one attached hydrogen (secondary N) is 2. The van der Waals surface area contributed by atoms with Crippen LogP contribution in [0.15, 0.2) is 36.4 Å². The van der Waals surface area contributed by atoms with E-state index in [4.69, 9.17) is 27.9 Å². The second kappa shape index (κ2) is 8.74. The maximum absolute atomic E-state index is 11.8. The first-order valence-corrected chi connectivity index (χ1v) is 8.32. The van der Waals surface area contributed by atoms with Gasteiger partial charge in [0.15, 0.2) is 6.61 Å². The second-order valence-electron chi connectivity index (χ2n) is 5.58. The summed E-state index contributed by atoms with van der Waals surface area (Å²) in [6.45, 7) is 3.64. The van der Waals surface area contributed by atoms with Crippen LogP contribution in [0.1, 0.15) is 16.7 Å². The summed E-state index contributed by atoms with van der Waals surface area (Å²) in [7, 11) is 0. The molecule has 2 aromatic carbocycles. The molecule has 0 aliphatic rings. The number of hydrogen-bond acceptors (Lipinski definition) is 3. The van der Waals surface area contributed by atoms with Gasteiger partial charge in [0.1, 0.15) is 5.75 Å². The Bertz CT molecular complexity index is 794. The molecule has 0 fully saturated rings. The summed E-state index contributed by atoms with van der Waals surface area (Å²) < 4.78 is 5.46. The quantitative estimate of drug-likeness (QED) is 0.781. The van der Waals surface area contributed by atoms with Gasteiger partial charge in [-0.2, -0.15) is 0 Å². The monoisotopic (exact) mass is 380 g/mol. The standard InChI is InChI=1S/C18H18Cl2N2O3/c1-11-3-4-12(2)16(7-11)25-10-18(24)22-21-17(23)9-13-5-6-14(19)15(20)8-13/h3-8H,9-10H2,1-2H3,(H,21,23)(H,22,24). The van der Waals surface area contributed by atoms with Gasteiger partial charge < -0.3 is 4.74 Å². The number of carbonyl (C=O) groups excluding carboxylic acids is 2. The first kappa shape index (κ1) is 19.1. The van der Waals surface area contributed by atoms with E-state index in [2.05, 4.69) is 10.9 Å². The molecule has 2 rings (SSSR count). The summed E-state index contributed by atoms with van der Waals surface area (Å²) in [6, 6.07) is 10.6. The highest BCUT2D eigenvalue weighted by Crippen LogP contribution is 2.22. The maximum atomic E-state index is 11.8. The molecule has 0 unspecified atom stereocenters. The van der Waals surface area contributed by atoms with Gasteiger partial charge in [0.05, 0.1) is 16.5 Å². The van der Waals surface area contributed by atoms with Crippen molar-refractivity contribution in [1.29, 1.82) is 0 Å². The molecule has 2 amide bonds. The number of rotatable bonds is 5. The molecule has 0 aliphatic heterocycles. The molecule has 2 aromatic rings. The van der Waals surface area contributed by atoms with E-state index in [-0.39, 0.29) is 18.9 Å². The zero-order valence-corrected chi connectivity index (χ0v) is 15.4. The lowest BCUT2D eigenvalue weighted by atomic mass is 10.1. The van der Waals surface area contributed by atoms with Crippen LogP contribution in [0.2, 0.25) is 10.0 Å². The number of benzene rings is 2. The van der Waals surface area contributed by atoms with E-state index in [1.807, 2.05) is 32.0 Å². The highest BCUT2D eigenvalue weighted by atomic mass is 35.5. The average Bonchev–Trinajstić information content (AvgIpc) is 2.57. The smallest absolute Gasteiger partial charge is 0.276 e. The molecule has 0 saturated carbocycles. The van der Waals surface area contributed by atoms with E-state index >= 15 is 0 Å². The van der Waals surface area contributed by atoms with E-state index < -0.39 is 5.91 Å². The van der Waals surface area contributed by atoms with E-state index in [0.29, 0.717) is 21.4 Å². The maximum Gasteiger partial charge on any atom is 0.276 e. The fourth-order valence-corrected chi connectivity index (χ4v) is 2.38. The topological polar surface area (TPSA) is 67.4 Å². The van der Waals surface area contributed by atoms with Gasteiger partial charge >= 0.3 is 0 Å². The average molecular weight is 381 g/mol. The van der Waals surface area contributed by atoms with Gasteiger partial charge in [-0.15, -0.1) is 0 Å². The van der Waals surface area contributed by atoms with Crippen LogP contribution >= 0.6 is 23.2 Å². The van der Waals surface area contributed by atoms with Crippen molar-refractivity contribution in [3.05, 3.63) is 63.1 Å². The lowest BCUT2D eigenvalue weighted by Crippen LogP contribution is -2.44. The summed E-state index contributed by atoms with van der Waals surface area (Å²) in [5, 5.41) is 0.792. The number of aryl methyl sites for hydroxylation is 2. The van der Waals surface area contributed by atoms with Gasteiger partial charge in [0.25, 0.3) is 5.91 Å². The van der Waals surface area contributed by atoms with Gasteiger partial charge in [-0.05, 0) is 48.7 Å². The van der Waals surface area contributed by atoms with E-state index in [1.54, 1.807) is 18.2 Å². The summed E-state index contributed by atoms with van der Waals surface area (Å²) >= 11 is 11.7. The first-order chi connectivity index (χ1) is 11.8. The summed E-state index contributed by atoms with van der Waals surface area (Å²) in [6.07, 6.45) is 0.0645. The van der Waals surface area contributed by atoms with Gasteiger partial charge in [-0.1, -0.05) is 41.4 Å². The Kier molecular flexibility index (Phi) is 6.67. The normalized spacial score (nSPS) is 10.2. The Hall–Kier alpha value is -2.24. The summed E-state index contributed by atoms with van der Waals surface area (Å²) in [5.41, 5.74) is 7.30. The van der Waals surface area contributed by atoms with Gasteiger partial charge in [-0.25, -0.2) is 0 Å². The molecular weight excluding hydrogens is 363 g/mol. The molecule has 7 heteroatoms. The van der Waals surface area contributed by atoms with Crippen LogP contribution in [0.5, 0.6) is 5.75 Å². The van der Waals surface area contributed by atoms with Crippen molar-refractivity contribution in [3.8, 4) is 5.75 Å².